The first-order valence-corrected chi connectivity index (χ1v) is 17.6. The third kappa shape index (κ3) is 15.3. The summed E-state index contributed by atoms with van der Waals surface area (Å²) in [4.78, 5) is 37.1. The molecule has 9 nitrogen and oxygen atoms in total. The summed E-state index contributed by atoms with van der Waals surface area (Å²) in [5.74, 6) is -0.317. The van der Waals surface area contributed by atoms with Crippen molar-refractivity contribution in [3.05, 3.63) is 51.8 Å². The first kappa shape index (κ1) is 44.7. The number of aliphatic hydroxyl groups is 1. The highest BCUT2D eigenvalue weighted by atomic mass is 16.6. The number of phenols is 1. The average molecular weight is 703 g/mol. The molecule has 0 spiro atoms. The van der Waals surface area contributed by atoms with Crippen molar-refractivity contribution in [2.24, 2.45) is 16.2 Å². The fraction of sp³-hybridized carbons (Fsp3) is 0.683. The monoisotopic (exact) mass is 702 g/mol. The zero-order valence-corrected chi connectivity index (χ0v) is 33.4. The Bertz CT molecular complexity index is 1320. The first-order valence-electron chi connectivity index (χ1n) is 17.6. The van der Waals surface area contributed by atoms with Gasteiger partial charge in [0.15, 0.2) is 0 Å². The molecular formula is C41H66O9. The van der Waals surface area contributed by atoms with Gasteiger partial charge < -0.3 is 29.2 Å². The van der Waals surface area contributed by atoms with Gasteiger partial charge in [-0.3, -0.25) is 14.4 Å². The number of aliphatic hydroxyl groups excluding tert-OH is 1. The Balaban J connectivity index is 3.03. The van der Waals surface area contributed by atoms with Crippen molar-refractivity contribution in [2.45, 2.75) is 133 Å². The lowest BCUT2D eigenvalue weighted by molar-refractivity contribution is -0.162. The van der Waals surface area contributed by atoms with Crippen molar-refractivity contribution >= 4 is 18.4 Å². The van der Waals surface area contributed by atoms with E-state index in [0.29, 0.717) is 31.5 Å². The van der Waals surface area contributed by atoms with Crippen molar-refractivity contribution in [1.82, 2.24) is 0 Å². The summed E-state index contributed by atoms with van der Waals surface area (Å²) in [6.45, 7) is 26.2. The van der Waals surface area contributed by atoms with Crippen LogP contribution in [0.3, 0.4) is 0 Å². The Labute approximate surface area is 301 Å². The second-order valence-corrected chi connectivity index (χ2v) is 18.0. The number of aryl methyl sites for hydroxylation is 1. The van der Waals surface area contributed by atoms with Crippen LogP contribution in [0, 0.1) is 16.2 Å². The van der Waals surface area contributed by atoms with E-state index in [1.165, 1.54) is 7.11 Å². The summed E-state index contributed by atoms with van der Waals surface area (Å²) >= 11 is 0. The highest BCUT2D eigenvalue weighted by molar-refractivity contribution is 5.70. The van der Waals surface area contributed by atoms with Crippen molar-refractivity contribution in [3.63, 3.8) is 0 Å². The third-order valence-corrected chi connectivity index (χ3v) is 8.32. The molecule has 0 aliphatic rings. The molecule has 284 valence electrons. The quantitative estimate of drug-likeness (QED) is 0.0538. The number of methoxy groups -OCH3 is 1. The minimum atomic E-state index is -1.11. The SMILES string of the molecule is COCC(COC=O)(COC(=O)CC/C(C)=C/C(=C(/O)CC(C)(C)C)C(C)(C)C)COC(=O)CCc1cc(C(C)(C)C)c(O)c(C(C)(C)C)c1. The second kappa shape index (κ2) is 18.2. The van der Waals surface area contributed by atoms with Gasteiger partial charge in [0, 0.05) is 26.4 Å². The number of esters is 2. The van der Waals surface area contributed by atoms with Crippen LogP contribution in [0.25, 0.3) is 0 Å². The largest absolute Gasteiger partial charge is 0.512 e. The van der Waals surface area contributed by atoms with Gasteiger partial charge in [-0.15, -0.1) is 0 Å². The van der Waals surface area contributed by atoms with Crippen LogP contribution in [0.2, 0.25) is 0 Å². The number of carbonyl (C=O) groups excluding carboxylic acids is 3. The summed E-state index contributed by atoms with van der Waals surface area (Å²) in [7, 11) is 1.47. The number of hydrogen-bond acceptors (Lipinski definition) is 9. The Hall–Kier alpha value is -3.33. The molecule has 1 unspecified atom stereocenters. The number of allylic oxidation sites excluding steroid dienone is 4. The van der Waals surface area contributed by atoms with Crippen LogP contribution in [0.4, 0.5) is 0 Å². The third-order valence-electron chi connectivity index (χ3n) is 8.32. The highest BCUT2D eigenvalue weighted by Gasteiger charge is 2.36. The molecule has 1 aromatic carbocycles. The van der Waals surface area contributed by atoms with Gasteiger partial charge in [0.2, 0.25) is 0 Å². The topological polar surface area (TPSA) is 129 Å². The van der Waals surface area contributed by atoms with Crippen molar-refractivity contribution in [3.8, 4) is 5.75 Å². The Morgan fingerprint density at radius 2 is 1.26 bits per heavy atom. The van der Waals surface area contributed by atoms with Crippen LogP contribution in [0.5, 0.6) is 5.75 Å². The predicted octanol–water partition coefficient (Wildman–Crippen LogP) is 8.83. The summed E-state index contributed by atoms with van der Waals surface area (Å²) < 4.78 is 21.8. The van der Waals surface area contributed by atoms with Crippen LogP contribution < -0.4 is 0 Å². The normalized spacial score (nSPS) is 14.8. The van der Waals surface area contributed by atoms with Crippen LogP contribution in [0.1, 0.15) is 132 Å². The standard InChI is InChI=1S/C41H66O9/c1-28(19-30(38(5,6)7)33(43)22-37(2,3)4)15-17-34(44)49-25-41(23-47-14,24-48-27-42)26-50-35(45)18-16-29-20-31(39(8,9)10)36(46)32(21-29)40(11,12)13/h19-21,27,43,46H,15-18,22-26H2,1-14H3/b28-19+,33-30-. The van der Waals surface area contributed by atoms with Crippen LogP contribution in [-0.4, -0.2) is 62.2 Å². The molecule has 0 aromatic heterocycles. The van der Waals surface area contributed by atoms with Gasteiger partial charge in [-0.2, -0.15) is 0 Å². The molecule has 1 atom stereocenters. The lowest BCUT2D eigenvalue weighted by atomic mass is 9.78. The van der Waals surface area contributed by atoms with E-state index in [-0.39, 0.29) is 66.7 Å². The molecule has 0 saturated carbocycles. The number of carbonyl (C=O) groups is 3. The fourth-order valence-electron chi connectivity index (χ4n) is 5.55. The molecule has 0 radical (unpaired) electrons. The zero-order valence-electron chi connectivity index (χ0n) is 33.4. The molecule has 0 aliphatic carbocycles. The van der Waals surface area contributed by atoms with Gasteiger partial charge >= 0.3 is 11.9 Å². The molecule has 0 saturated heterocycles. The minimum Gasteiger partial charge on any atom is -0.512 e. The smallest absolute Gasteiger partial charge is 0.306 e. The summed E-state index contributed by atoms with van der Waals surface area (Å²) in [5, 5.41) is 22.0. The average Bonchev–Trinajstić information content (AvgIpc) is 2.96. The second-order valence-electron chi connectivity index (χ2n) is 18.0. The van der Waals surface area contributed by atoms with E-state index < -0.39 is 17.4 Å². The number of ether oxygens (including phenoxy) is 4. The number of benzene rings is 1. The maximum atomic E-state index is 13.0. The molecule has 50 heavy (non-hydrogen) atoms. The van der Waals surface area contributed by atoms with Crippen LogP contribution in [0.15, 0.2) is 35.1 Å². The van der Waals surface area contributed by atoms with Crippen LogP contribution in [-0.2, 0) is 50.6 Å². The van der Waals surface area contributed by atoms with Gasteiger partial charge in [0.1, 0.15) is 25.6 Å². The van der Waals surface area contributed by atoms with E-state index in [0.717, 1.165) is 27.8 Å². The summed E-state index contributed by atoms with van der Waals surface area (Å²) in [5.41, 5.74) is 2.22. The van der Waals surface area contributed by atoms with Gasteiger partial charge in [-0.25, -0.2) is 0 Å². The molecule has 1 rings (SSSR count). The van der Waals surface area contributed by atoms with E-state index in [1.807, 2.05) is 87.4 Å². The highest BCUT2D eigenvalue weighted by Crippen LogP contribution is 2.40. The Kier molecular flexibility index (Phi) is 16.3. The lowest BCUT2D eigenvalue weighted by Gasteiger charge is -2.31. The first-order chi connectivity index (χ1) is 22.7. The molecular weight excluding hydrogens is 636 g/mol. The predicted molar refractivity (Wildman–Crippen MR) is 198 cm³/mol. The van der Waals surface area contributed by atoms with E-state index >= 15 is 0 Å². The molecule has 0 bridgehead atoms. The number of phenolic OH excluding ortho intramolecular Hbond substituents is 1. The number of rotatable bonds is 17. The fourth-order valence-corrected chi connectivity index (χ4v) is 5.55. The van der Waals surface area contributed by atoms with E-state index in [1.54, 1.807) is 0 Å². The van der Waals surface area contributed by atoms with Gasteiger partial charge in [-0.1, -0.05) is 107 Å². The van der Waals surface area contributed by atoms with Crippen molar-refractivity contribution in [1.29, 1.82) is 0 Å². The van der Waals surface area contributed by atoms with Crippen molar-refractivity contribution in [2.75, 3.05) is 33.5 Å². The maximum Gasteiger partial charge on any atom is 0.306 e. The van der Waals surface area contributed by atoms with Gasteiger partial charge in [0.05, 0.1) is 17.8 Å². The summed E-state index contributed by atoms with van der Waals surface area (Å²) in [6, 6.07) is 3.88. The molecule has 0 fully saturated rings. The molecule has 1 aromatic rings. The molecule has 0 aliphatic heterocycles. The number of aromatic hydroxyl groups is 1. The lowest BCUT2D eigenvalue weighted by Crippen LogP contribution is -2.42. The summed E-state index contributed by atoms with van der Waals surface area (Å²) in [6.07, 6.45) is 3.48. The molecule has 0 amide bonds. The molecule has 9 heteroatoms. The molecule has 0 heterocycles. The van der Waals surface area contributed by atoms with Gasteiger partial charge in [-0.05, 0) is 63.7 Å². The zero-order chi connectivity index (χ0) is 38.7. The Morgan fingerprint density at radius 1 is 0.760 bits per heavy atom. The van der Waals surface area contributed by atoms with E-state index in [2.05, 4.69) is 20.8 Å². The minimum absolute atomic E-state index is 0.00890. The molecule has 2 N–H and O–H groups in total. The Morgan fingerprint density at radius 3 is 1.68 bits per heavy atom. The number of hydrogen-bond donors (Lipinski definition) is 2. The maximum absolute atomic E-state index is 13.0. The van der Waals surface area contributed by atoms with E-state index in [9.17, 15) is 24.6 Å². The van der Waals surface area contributed by atoms with Crippen molar-refractivity contribution < 1.29 is 43.5 Å². The van der Waals surface area contributed by atoms with Gasteiger partial charge in [0.25, 0.3) is 6.47 Å². The van der Waals surface area contributed by atoms with Crippen LogP contribution >= 0.6 is 0 Å². The van der Waals surface area contributed by atoms with E-state index in [4.69, 9.17) is 18.9 Å².